The standard InChI is InChI=1S/C19H32N4O3/c1-7-14(20)17(10-23-18(21)22)26-15-9-13(19(4,5)24)16(25-6)8-12(15)11(2)3/h8-11,14,24H,7,20H2,1-6H3,(H4,21,22,23)/b17-10+. The van der Waals surface area contributed by atoms with E-state index < -0.39 is 5.60 Å². The summed E-state index contributed by atoms with van der Waals surface area (Å²) < 4.78 is 11.6. The lowest BCUT2D eigenvalue weighted by Crippen LogP contribution is -2.26. The Morgan fingerprint density at radius 1 is 1.27 bits per heavy atom. The summed E-state index contributed by atoms with van der Waals surface area (Å²) in [5.74, 6) is 1.71. The molecule has 1 rings (SSSR count). The van der Waals surface area contributed by atoms with Crippen LogP contribution >= 0.6 is 0 Å². The first-order chi connectivity index (χ1) is 12.0. The van der Waals surface area contributed by atoms with Gasteiger partial charge in [0.2, 0.25) is 0 Å². The van der Waals surface area contributed by atoms with Crippen LogP contribution in [0.25, 0.3) is 0 Å². The van der Waals surface area contributed by atoms with Crippen LogP contribution < -0.4 is 26.7 Å². The van der Waals surface area contributed by atoms with Crippen molar-refractivity contribution in [2.45, 2.75) is 58.6 Å². The van der Waals surface area contributed by atoms with Crippen LogP contribution in [0.2, 0.25) is 0 Å². The third kappa shape index (κ3) is 5.64. The highest BCUT2D eigenvalue weighted by molar-refractivity contribution is 5.76. The lowest BCUT2D eigenvalue weighted by Gasteiger charge is -2.25. The van der Waals surface area contributed by atoms with Crippen LogP contribution in [-0.4, -0.2) is 24.2 Å². The third-order valence-corrected chi connectivity index (χ3v) is 3.99. The Morgan fingerprint density at radius 2 is 1.88 bits per heavy atom. The summed E-state index contributed by atoms with van der Waals surface area (Å²) in [5.41, 5.74) is 17.4. The Kier molecular flexibility index (Phi) is 7.47. The number of rotatable bonds is 8. The number of aliphatic imine (C=N–C) groups is 1. The maximum absolute atomic E-state index is 10.5. The van der Waals surface area contributed by atoms with E-state index in [4.69, 9.17) is 26.7 Å². The molecule has 0 aliphatic heterocycles. The first kappa shape index (κ1) is 21.8. The molecular formula is C19H32N4O3. The smallest absolute Gasteiger partial charge is 0.190 e. The van der Waals surface area contributed by atoms with Crippen LogP contribution in [-0.2, 0) is 5.60 Å². The van der Waals surface area contributed by atoms with Gasteiger partial charge in [-0.3, -0.25) is 0 Å². The first-order valence-electron chi connectivity index (χ1n) is 8.68. The molecule has 0 radical (unpaired) electrons. The SMILES string of the molecule is CCC(N)/C(=C\N=C(N)N)Oc1cc(C(C)(C)O)c(OC)cc1C(C)C. The molecule has 0 fully saturated rings. The molecule has 1 aromatic rings. The Bertz CT molecular complexity index is 672. The fourth-order valence-electron chi connectivity index (χ4n) is 2.43. The van der Waals surface area contributed by atoms with E-state index in [2.05, 4.69) is 4.99 Å². The molecule has 1 atom stereocenters. The molecule has 7 nitrogen and oxygen atoms in total. The van der Waals surface area contributed by atoms with Gasteiger partial charge in [0, 0.05) is 11.1 Å². The molecule has 0 saturated carbocycles. The number of aliphatic hydroxyl groups is 1. The van der Waals surface area contributed by atoms with Crippen molar-refractivity contribution in [3.05, 3.63) is 35.2 Å². The summed E-state index contributed by atoms with van der Waals surface area (Å²) in [4.78, 5) is 3.90. The Balaban J connectivity index is 3.52. The fourth-order valence-corrected chi connectivity index (χ4v) is 2.43. The molecule has 26 heavy (non-hydrogen) atoms. The minimum absolute atomic E-state index is 0.0783. The topological polar surface area (TPSA) is 129 Å². The molecule has 146 valence electrons. The monoisotopic (exact) mass is 364 g/mol. The van der Waals surface area contributed by atoms with Crippen molar-refractivity contribution in [3.63, 3.8) is 0 Å². The van der Waals surface area contributed by atoms with Gasteiger partial charge >= 0.3 is 0 Å². The Morgan fingerprint density at radius 3 is 2.31 bits per heavy atom. The molecule has 0 bridgehead atoms. The van der Waals surface area contributed by atoms with E-state index in [1.807, 2.05) is 26.8 Å². The molecule has 0 heterocycles. The minimum atomic E-state index is -1.10. The maximum atomic E-state index is 10.5. The van der Waals surface area contributed by atoms with Crippen molar-refractivity contribution in [1.82, 2.24) is 0 Å². The van der Waals surface area contributed by atoms with E-state index in [1.165, 1.54) is 6.20 Å². The second-order valence-electron chi connectivity index (χ2n) is 7.01. The van der Waals surface area contributed by atoms with Gasteiger partial charge in [-0.2, -0.15) is 0 Å². The molecule has 0 saturated heterocycles. The van der Waals surface area contributed by atoms with Gasteiger partial charge in [0.15, 0.2) is 5.96 Å². The van der Waals surface area contributed by atoms with Crippen LogP contribution in [0.5, 0.6) is 11.5 Å². The molecule has 7 N–H and O–H groups in total. The lowest BCUT2D eigenvalue weighted by molar-refractivity contribution is 0.0753. The summed E-state index contributed by atoms with van der Waals surface area (Å²) in [6, 6.07) is 3.29. The number of ether oxygens (including phenoxy) is 2. The molecule has 7 heteroatoms. The second kappa shape index (κ2) is 8.91. The van der Waals surface area contributed by atoms with Crippen molar-refractivity contribution >= 4 is 5.96 Å². The molecule has 0 aliphatic carbocycles. The van der Waals surface area contributed by atoms with E-state index in [-0.39, 0.29) is 17.9 Å². The van der Waals surface area contributed by atoms with Gasteiger partial charge in [0.25, 0.3) is 0 Å². The number of nitrogens with two attached hydrogens (primary N) is 3. The molecule has 1 unspecified atom stereocenters. The van der Waals surface area contributed by atoms with Gasteiger partial charge in [0.1, 0.15) is 17.3 Å². The summed E-state index contributed by atoms with van der Waals surface area (Å²) >= 11 is 0. The van der Waals surface area contributed by atoms with Gasteiger partial charge in [-0.15, -0.1) is 0 Å². The Labute approximate surface area is 155 Å². The molecule has 1 aromatic carbocycles. The van der Waals surface area contributed by atoms with Gasteiger partial charge in [-0.25, -0.2) is 4.99 Å². The minimum Gasteiger partial charge on any atom is -0.496 e. The highest BCUT2D eigenvalue weighted by Crippen LogP contribution is 2.39. The molecule has 0 amide bonds. The molecule has 0 aromatic heterocycles. The van der Waals surface area contributed by atoms with Gasteiger partial charge in [-0.05, 0) is 38.3 Å². The van der Waals surface area contributed by atoms with Gasteiger partial charge < -0.3 is 31.8 Å². The average Bonchev–Trinajstić information content (AvgIpc) is 2.55. The summed E-state index contributed by atoms with van der Waals surface area (Å²) in [5, 5.41) is 10.5. The highest BCUT2D eigenvalue weighted by atomic mass is 16.5. The van der Waals surface area contributed by atoms with E-state index in [9.17, 15) is 5.11 Å². The number of guanidine groups is 1. The van der Waals surface area contributed by atoms with Crippen LogP contribution in [0.1, 0.15) is 58.1 Å². The molecular weight excluding hydrogens is 332 g/mol. The normalized spacial score (nSPS) is 13.5. The second-order valence-corrected chi connectivity index (χ2v) is 7.01. The van der Waals surface area contributed by atoms with Crippen molar-refractivity contribution in [2.24, 2.45) is 22.2 Å². The zero-order chi connectivity index (χ0) is 20.1. The first-order valence-corrected chi connectivity index (χ1v) is 8.68. The van der Waals surface area contributed by atoms with E-state index in [0.29, 0.717) is 29.2 Å². The molecule has 0 spiro atoms. The van der Waals surface area contributed by atoms with E-state index >= 15 is 0 Å². The Hall–Kier alpha value is -2.25. The predicted molar refractivity (Wildman–Crippen MR) is 105 cm³/mol. The van der Waals surface area contributed by atoms with Gasteiger partial charge in [-0.1, -0.05) is 20.8 Å². The number of benzene rings is 1. The number of hydrogen-bond donors (Lipinski definition) is 4. The van der Waals surface area contributed by atoms with Crippen LogP contribution in [0.4, 0.5) is 0 Å². The van der Waals surface area contributed by atoms with Crippen LogP contribution in [0.3, 0.4) is 0 Å². The van der Waals surface area contributed by atoms with Crippen molar-refractivity contribution in [2.75, 3.05) is 7.11 Å². The summed E-state index contributed by atoms with van der Waals surface area (Å²) in [7, 11) is 1.58. The lowest BCUT2D eigenvalue weighted by atomic mass is 9.92. The van der Waals surface area contributed by atoms with Crippen molar-refractivity contribution in [3.8, 4) is 11.5 Å². The quantitative estimate of drug-likeness (QED) is 0.318. The van der Waals surface area contributed by atoms with Crippen molar-refractivity contribution < 1.29 is 14.6 Å². The zero-order valence-corrected chi connectivity index (χ0v) is 16.5. The zero-order valence-electron chi connectivity index (χ0n) is 16.5. The fraction of sp³-hybridized carbons (Fsp3) is 0.526. The summed E-state index contributed by atoms with van der Waals surface area (Å²) in [6.45, 7) is 9.42. The molecule has 0 aliphatic rings. The van der Waals surface area contributed by atoms with Crippen LogP contribution in [0, 0.1) is 0 Å². The third-order valence-electron chi connectivity index (χ3n) is 3.99. The highest BCUT2D eigenvalue weighted by Gasteiger charge is 2.25. The van der Waals surface area contributed by atoms with E-state index in [1.54, 1.807) is 27.0 Å². The van der Waals surface area contributed by atoms with Crippen molar-refractivity contribution in [1.29, 1.82) is 0 Å². The van der Waals surface area contributed by atoms with Gasteiger partial charge in [0.05, 0.1) is 25.0 Å². The van der Waals surface area contributed by atoms with Crippen LogP contribution in [0.15, 0.2) is 29.1 Å². The van der Waals surface area contributed by atoms with E-state index in [0.717, 1.165) is 5.56 Å². The number of nitrogens with zero attached hydrogens (tertiary/aromatic N) is 1. The number of methoxy groups -OCH3 is 1. The maximum Gasteiger partial charge on any atom is 0.190 e. The average molecular weight is 364 g/mol. The number of hydrogen-bond acceptors (Lipinski definition) is 5. The predicted octanol–water partition coefficient (Wildman–Crippen LogP) is 2.28. The largest absolute Gasteiger partial charge is 0.496 e. The summed E-state index contributed by atoms with van der Waals surface area (Å²) in [6.07, 6.45) is 2.08.